The van der Waals surface area contributed by atoms with E-state index in [2.05, 4.69) is 34.8 Å². The summed E-state index contributed by atoms with van der Waals surface area (Å²) < 4.78 is 0.792. The van der Waals surface area contributed by atoms with E-state index in [9.17, 15) is 4.79 Å². The molecule has 1 aromatic carbocycles. The van der Waals surface area contributed by atoms with Crippen molar-refractivity contribution in [1.29, 1.82) is 0 Å². The van der Waals surface area contributed by atoms with Crippen molar-refractivity contribution in [2.45, 2.75) is 25.9 Å². The molecule has 0 spiro atoms. The number of aliphatic imine (C=N–C) groups is 1. The normalized spacial score (nSPS) is 18.1. The highest BCUT2D eigenvalue weighted by molar-refractivity contribution is 9.10. The number of thioether (sulfide) groups is 1. The first-order chi connectivity index (χ1) is 11.5. The fourth-order valence-electron chi connectivity index (χ4n) is 2.51. The molecule has 2 heterocycles. The first kappa shape index (κ1) is 17.2. The number of amidine groups is 1. The Bertz CT molecular complexity index is 777. The van der Waals surface area contributed by atoms with Crippen LogP contribution < -0.4 is 0 Å². The van der Waals surface area contributed by atoms with Gasteiger partial charge in [0, 0.05) is 22.6 Å². The molecular formula is C18H18BrN3OS. The van der Waals surface area contributed by atoms with Crippen LogP contribution in [0.15, 0.2) is 58.3 Å². The summed E-state index contributed by atoms with van der Waals surface area (Å²) in [6.07, 6.45) is 3.27. The maximum atomic E-state index is 13.0. The van der Waals surface area contributed by atoms with Crippen molar-refractivity contribution in [2.24, 2.45) is 4.99 Å². The van der Waals surface area contributed by atoms with Crippen LogP contribution in [-0.4, -0.2) is 32.3 Å². The molecule has 0 aliphatic carbocycles. The second-order valence-corrected chi connectivity index (χ2v) is 8.08. The maximum absolute atomic E-state index is 13.0. The van der Waals surface area contributed by atoms with Crippen LogP contribution in [0.3, 0.4) is 0 Å². The number of amides is 1. The minimum atomic E-state index is -0.278. The second kappa shape index (κ2) is 7.07. The number of benzene rings is 1. The second-order valence-electron chi connectivity index (χ2n) is 6.22. The zero-order valence-electron chi connectivity index (χ0n) is 13.6. The SMILES string of the molecule is CC1(C)CSC(=NCc2ccccc2)N1C(=O)c1cncc(Br)c1. The van der Waals surface area contributed by atoms with E-state index in [0.717, 1.165) is 21.0 Å². The third kappa shape index (κ3) is 3.70. The Hall–Kier alpha value is -1.66. The van der Waals surface area contributed by atoms with Gasteiger partial charge in [-0.3, -0.25) is 19.7 Å². The van der Waals surface area contributed by atoms with Gasteiger partial charge in [-0.15, -0.1) is 0 Å². The van der Waals surface area contributed by atoms with E-state index in [1.807, 2.05) is 30.3 Å². The van der Waals surface area contributed by atoms with Crippen molar-refractivity contribution in [1.82, 2.24) is 9.88 Å². The summed E-state index contributed by atoms with van der Waals surface area (Å²) in [7, 11) is 0. The molecule has 124 valence electrons. The molecule has 4 nitrogen and oxygen atoms in total. The lowest BCUT2D eigenvalue weighted by atomic mass is 10.1. The van der Waals surface area contributed by atoms with Crippen LogP contribution in [0.4, 0.5) is 0 Å². The van der Waals surface area contributed by atoms with Crippen LogP contribution >= 0.6 is 27.7 Å². The van der Waals surface area contributed by atoms with Crippen LogP contribution in [-0.2, 0) is 6.54 Å². The molecule has 0 atom stereocenters. The number of nitrogens with zero attached hydrogens (tertiary/aromatic N) is 3. The molecule has 1 amide bonds. The molecular weight excluding hydrogens is 386 g/mol. The number of rotatable bonds is 3. The zero-order valence-corrected chi connectivity index (χ0v) is 16.0. The van der Waals surface area contributed by atoms with Gasteiger partial charge in [0.1, 0.15) is 0 Å². The lowest BCUT2D eigenvalue weighted by molar-refractivity contribution is 0.0766. The third-order valence-electron chi connectivity index (χ3n) is 3.75. The molecule has 24 heavy (non-hydrogen) atoms. The summed E-state index contributed by atoms with van der Waals surface area (Å²) in [6.45, 7) is 4.70. The number of hydrogen-bond acceptors (Lipinski definition) is 4. The van der Waals surface area contributed by atoms with Crippen molar-refractivity contribution < 1.29 is 4.79 Å². The molecule has 0 N–H and O–H groups in total. The molecule has 1 fully saturated rings. The standard InChI is InChI=1S/C18H18BrN3OS/c1-18(2)12-24-17(21-9-13-6-4-3-5-7-13)22(18)16(23)14-8-15(19)11-20-10-14/h3-8,10-11H,9,12H2,1-2H3. The van der Waals surface area contributed by atoms with E-state index in [4.69, 9.17) is 4.99 Å². The highest BCUT2D eigenvalue weighted by atomic mass is 79.9. The summed E-state index contributed by atoms with van der Waals surface area (Å²) in [5.41, 5.74) is 1.42. The molecule has 6 heteroatoms. The quantitative estimate of drug-likeness (QED) is 0.763. The Morgan fingerprint density at radius 2 is 2.08 bits per heavy atom. The van der Waals surface area contributed by atoms with Crippen molar-refractivity contribution in [3.05, 3.63) is 64.4 Å². The summed E-state index contributed by atoms with van der Waals surface area (Å²) in [5, 5.41) is 0.772. The third-order valence-corrected chi connectivity index (χ3v) is 5.60. The van der Waals surface area contributed by atoms with E-state index in [1.54, 1.807) is 35.1 Å². The van der Waals surface area contributed by atoms with E-state index in [0.29, 0.717) is 12.1 Å². The highest BCUT2D eigenvalue weighted by Gasteiger charge is 2.41. The maximum Gasteiger partial charge on any atom is 0.261 e. The Morgan fingerprint density at radius 3 is 2.79 bits per heavy atom. The average molecular weight is 404 g/mol. The molecule has 0 unspecified atom stereocenters. The van der Waals surface area contributed by atoms with Crippen molar-refractivity contribution in [2.75, 3.05) is 5.75 Å². The van der Waals surface area contributed by atoms with Crippen molar-refractivity contribution in [3.63, 3.8) is 0 Å². The van der Waals surface area contributed by atoms with Gasteiger partial charge in [-0.05, 0) is 41.4 Å². The summed E-state index contributed by atoms with van der Waals surface area (Å²) >= 11 is 5.00. The van der Waals surface area contributed by atoms with Gasteiger partial charge < -0.3 is 0 Å². The van der Waals surface area contributed by atoms with Crippen LogP contribution in [0.25, 0.3) is 0 Å². The molecule has 0 saturated carbocycles. The molecule has 1 aliphatic heterocycles. The van der Waals surface area contributed by atoms with Gasteiger partial charge in [0.15, 0.2) is 5.17 Å². The number of hydrogen-bond donors (Lipinski definition) is 0. The van der Waals surface area contributed by atoms with E-state index in [-0.39, 0.29) is 11.4 Å². The Labute approximate surface area is 154 Å². The molecule has 1 aliphatic rings. The fraction of sp³-hybridized carbons (Fsp3) is 0.278. The first-order valence-electron chi connectivity index (χ1n) is 7.64. The van der Waals surface area contributed by atoms with Gasteiger partial charge in [0.05, 0.1) is 17.6 Å². The molecule has 3 rings (SSSR count). The molecule has 2 aromatic rings. The van der Waals surface area contributed by atoms with Gasteiger partial charge in [-0.2, -0.15) is 0 Å². The van der Waals surface area contributed by atoms with Crippen LogP contribution in [0.1, 0.15) is 29.8 Å². The fourth-order valence-corrected chi connectivity index (χ4v) is 4.10. The summed E-state index contributed by atoms with van der Waals surface area (Å²) in [4.78, 5) is 23.6. The van der Waals surface area contributed by atoms with E-state index >= 15 is 0 Å². The zero-order chi connectivity index (χ0) is 17.2. The number of halogens is 1. The minimum absolute atomic E-state index is 0.0642. The first-order valence-corrected chi connectivity index (χ1v) is 9.41. The van der Waals surface area contributed by atoms with Gasteiger partial charge in [-0.25, -0.2) is 0 Å². The largest absolute Gasteiger partial charge is 0.281 e. The van der Waals surface area contributed by atoms with Crippen molar-refractivity contribution in [3.8, 4) is 0 Å². The molecule has 1 saturated heterocycles. The predicted octanol–water partition coefficient (Wildman–Crippen LogP) is 4.37. The monoisotopic (exact) mass is 403 g/mol. The van der Waals surface area contributed by atoms with Gasteiger partial charge >= 0.3 is 0 Å². The molecule has 0 radical (unpaired) electrons. The highest BCUT2D eigenvalue weighted by Crippen LogP contribution is 2.34. The summed E-state index contributed by atoms with van der Waals surface area (Å²) in [5.74, 6) is 0.763. The van der Waals surface area contributed by atoms with Gasteiger partial charge in [0.25, 0.3) is 5.91 Å². The number of aromatic nitrogens is 1. The minimum Gasteiger partial charge on any atom is -0.281 e. The number of carbonyl (C=O) groups is 1. The smallest absolute Gasteiger partial charge is 0.261 e. The van der Waals surface area contributed by atoms with Gasteiger partial charge in [0.2, 0.25) is 0 Å². The molecule has 0 bridgehead atoms. The van der Waals surface area contributed by atoms with Crippen LogP contribution in [0, 0.1) is 0 Å². The van der Waals surface area contributed by atoms with Crippen LogP contribution in [0.5, 0.6) is 0 Å². The Balaban J connectivity index is 1.88. The predicted molar refractivity (Wildman–Crippen MR) is 102 cm³/mol. The van der Waals surface area contributed by atoms with Crippen LogP contribution in [0.2, 0.25) is 0 Å². The lowest BCUT2D eigenvalue weighted by Gasteiger charge is -2.30. The van der Waals surface area contributed by atoms with Crippen molar-refractivity contribution >= 4 is 38.8 Å². The van der Waals surface area contributed by atoms with Gasteiger partial charge in [-0.1, -0.05) is 42.1 Å². The van der Waals surface area contributed by atoms with E-state index < -0.39 is 0 Å². The number of pyridine rings is 1. The molecule has 1 aromatic heterocycles. The topological polar surface area (TPSA) is 45.6 Å². The number of carbonyl (C=O) groups excluding carboxylic acids is 1. The Morgan fingerprint density at radius 1 is 1.33 bits per heavy atom. The average Bonchev–Trinajstić information content (AvgIpc) is 2.88. The lowest BCUT2D eigenvalue weighted by Crippen LogP contribution is -2.46. The summed E-state index contributed by atoms with van der Waals surface area (Å²) in [6, 6.07) is 11.9. The van der Waals surface area contributed by atoms with E-state index in [1.165, 1.54) is 0 Å². The Kier molecular flexibility index (Phi) is 5.06.